The van der Waals surface area contributed by atoms with Gasteiger partial charge in [0.15, 0.2) is 0 Å². The SMILES string of the molecule is CC(=O)NC(CCSC1CC2CCC1C2)C(=O)NCc1ccccc1. The van der Waals surface area contributed by atoms with Crippen molar-refractivity contribution in [3.8, 4) is 0 Å². The van der Waals surface area contributed by atoms with Crippen LogP contribution in [0.15, 0.2) is 30.3 Å². The first-order chi connectivity index (χ1) is 12.1. The standard InChI is InChI=1S/C20H28N2O2S/c1-14(23)22-18(20(24)21-13-15-5-3-2-4-6-15)9-10-25-19-12-16-7-8-17(19)11-16/h2-6,16-19H,7-13H2,1H3,(H,21,24)(H,22,23). The lowest BCUT2D eigenvalue weighted by Crippen LogP contribution is -2.46. The van der Waals surface area contributed by atoms with Gasteiger partial charge in [-0.25, -0.2) is 0 Å². The minimum Gasteiger partial charge on any atom is -0.350 e. The second kappa shape index (κ2) is 8.75. The van der Waals surface area contributed by atoms with Crippen molar-refractivity contribution in [1.29, 1.82) is 0 Å². The third-order valence-corrected chi connectivity index (χ3v) is 6.89. The molecule has 3 rings (SSSR count). The number of carbonyl (C=O) groups is 2. The topological polar surface area (TPSA) is 58.2 Å². The fourth-order valence-electron chi connectivity index (χ4n) is 4.15. The van der Waals surface area contributed by atoms with Gasteiger partial charge in [0, 0.05) is 18.7 Å². The maximum absolute atomic E-state index is 12.5. The van der Waals surface area contributed by atoms with Crippen LogP contribution in [0.25, 0.3) is 0 Å². The molecule has 2 bridgehead atoms. The monoisotopic (exact) mass is 360 g/mol. The van der Waals surface area contributed by atoms with E-state index in [4.69, 9.17) is 0 Å². The van der Waals surface area contributed by atoms with Crippen molar-refractivity contribution < 1.29 is 9.59 Å². The van der Waals surface area contributed by atoms with Crippen LogP contribution >= 0.6 is 11.8 Å². The molecule has 1 aromatic rings. The van der Waals surface area contributed by atoms with E-state index in [9.17, 15) is 9.59 Å². The Balaban J connectivity index is 1.45. The van der Waals surface area contributed by atoms with E-state index in [0.717, 1.165) is 28.4 Å². The Hall–Kier alpha value is -1.49. The van der Waals surface area contributed by atoms with Crippen LogP contribution in [0.3, 0.4) is 0 Å². The predicted molar refractivity (Wildman–Crippen MR) is 102 cm³/mol. The number of benzene rings is 1. The third-order valence-electron chi connectivity index (χ3n) is 5.42. The summed E-state index contributed by atoms with van der Waals surface area (Å²) in [5.41, 5.74) is 1.06. The van der Waals surface area contributed by atoms with Gasteiger partial charge in [-0.2, -0.15) is 11.8 Å². The maximum Gasteiger partial charge on any atom is 0.242 e. The van der Waals surface area contributed by atoms with Gasteiger partial charge in [0.1, 0.15) is 6.04 Å². The molecule has 2 N–H and O–H groups in total. The Morgan fingerprint density at radius 1 is 1.20 bits per heavy atom. The van der Waals surface area contributed by atoms with Crippen LogP contribution in [0.4, 0.5) is 0 Å². The summed E-state index contributed by atoms with van der Waals surface area (Å²) in [6.45, 7) is 1.97. The highest BCUT2D eigenvalue weighted by atomic mass is 32.2. The Morgan fingerprint density at radius 3 is 2.64 bits per heavy atom. The fourth-order valence-corrected chi connectivity index (χ4v) is 5.75. The lowest BCUT2D eigenvalue weighted by atomic mass is 10.0. The molecule has 0 heterocycles. The van der Waals surface area contributed by atoms with Gasteiger partial charge < -0.3 is 10.6 Å². The highest BCUT2D eigenvalue weighted by Gasteiger charge is 2.39. The predicted octanol–water partition coefficient (Wildman–Crippen LogP) is 3.12. The maximum atomic E-state index is 12.5. The van der Waals surface area contributed by atoms with Gasteiger partial charge >= 0.3 is 0 Å². The van der Waals surface area contributed by atoms with Gasteiger partial charge in [-0.05, 0) is 48.8 Å². The van der Waals surface area contributed by atoms with Crippen LogP contribution in [0.2, 0.25) is 0 Å². The molecule has 0 aromatic heterocycles. The minimum atomic E-state index is -0.438. The molecule has 2 amide bonds. The number of amides is 2. The second-order valence-corrected chi connectivity index (χ2v) is 8.68. The lowest BCUT2D eigenvalue weighted by molar-refractivity contribution is -0.128. The normalized spacial score (nSPS) is 25.6. The highest BCUT2D eigenvalue weighted by molar-refractivity contribution is 7.99. The number of hydrogen-bond donors (Lipinski definition) is 2. The van der Waals surface area contributed by atoms with Gasteiger partial charge in [0.05, 0.1) is 0 Å². The Kier molecular flexibility index (Phi) is 6.40. The summed E-state index contributed by atoms with van der Waals surface area (Å²) in [5, 5.41) is 6.53. The summed E-state index contributed by atoms with van der Waals surface area (Å²) >= 11 is 2.00. The van der Waals surface area contributed by atoms with E-state index < -0.39 is 6.04 Å². The molecule has 0 saturated heterocycles. The van der Waals surface area contributed by atoms with E-state index >= 15 is 0 Å². The van der Waals surface area contributed by atoms with E-state index in [2.05, 4.69) is 10.6 Å². The molecule has 136 valence electrons. The van der Waals surface area contributed by atoms with E-state index in [0.29, 0.717) is 13.0 Å². The van der Waals surface area contributed by atoms with Crippen molar-refractivity contribution in [1.82, 2.24) is 10.6 Å². The number of fused-ring (bicyclic) bond motifs is 2. The molecule has 4 unspecified atom stereocenters. The smallest absolute Gasteiger partial charge is 0.242 e. The Bertz CT molecular complexity index is 593. The first-order valence-corrected chi connectivity index (χ1v) is 10.4. The molecule has 2 saturated carbocycles. The fraction of sp³-hybridized carbons (Fsp3) is 0.600. The first-order valence-electron chi connectivity index (χ1n) is 9.32. The van der Waals surface area contributed by atoms with Gasteiger partial charge in [-0.15, -0.1) is 0 Å². The van der Waals surface area contributed by atoms with E-state index in [1.165, 1.54) is 32.6 Å². The van der Waals surface area contributed by atoms with Crippen LogP contribution in [-0.4, -0.2) is 28.9 Å². The third kappa shape index (κ3) is 5.24. The molecule has 2 aliphatic rings. The van der Waals surface area contributed by atoms with Crippen molar-refractivity contribution in [2.45, 2.75) is 56.9 Å². The quantitative estimate of drug-likeness (QED) is 0.749. The number of carbonyl (C=O) groups excluding carboxylic acids is 2. The molecule has 1 aromatic carbocycles. The number of nitrogens with one attached hydrogen (secondary N) is 2. The summed E-state index contributed by atoms with van der Waals surface area (Å²) in [7, 11) is 0. The van der Waals surface area contributed by atoms with Crippen LogP contribution in [0, 0.1) is 11.8 Å². The summed E-state index contributed by atoms with van der Waals surface area (Å²) in [6.07, 6.45) is 6.25. The van der Waals surface area contributed by atoms with Gasteiger partial charge in [0.25, 0.3) is 0 Å². The zero-order valence-corrected chi connectivity index (χ0v) is 15.7. The summed E-state index contributed by atoms with van der Waals surface area (Å²) < 4.78 is 0. The van der Waals surface area contributed by atoms with Crippen LogP contribution in [0.1, 0.15) is 44.6 Å². The largest absolute Gasteiger partial charge is 0.350 e. The molecule has 25 heavy (non-hydrogen) atoms. The van der Waals surface area contributed by atoms with Gasteiger partial charge in [0.2, 0.25) is 11.8 Å². The number of rotatable bonds is 8. The van der Waals surface area contributed by atoms with Crippen LogP contribution in [-0.2, 0) is 16.1 Å². The molecule has 4 nitrogen and oxygen atoms in total. The molecule has 2 fully saturated rings. The van der Waals surface area contributed by atoms with Crippen molar-refractivity contribution in [2.75, 3.05) is 5.75 Å². The van der Waals surface area contributed by atoms with Crippen molar-refractivity contribution >= 4 is 23.6 Å². The van der Waals surface area contributed by atoms with Gasteiger partial charge in [-0.1, -0.05) is 36.8 Å². The molecule has 0 aliphatic heterocycles. The first kappa shape index (κ1) is 18.3. The minimum absolute atomic E-state index is 0.0902. The van der Waals surface area contributed by atoms with Crippen molar-refractivity contribution in [2.24, 2.45) is 11.8 Å². The molecule has 5 heteroatoms. The zero-order valence-electron chi connectivity index (χ0n) is 14.9. The van der Waals surface area contributed by atoms with E-state index in [-0.39, 0.29) is 11.8 Å². The molecular weight excluding hydrogens is 332 g/mol. The molecule has 4 atom stereocenters. The average molecular weight is 361 g/mol. The summed E-state index contributed by atoms with van der Waals surface area (Å²) in [6, 6.07) is 9.40. The van der Waals surface area contributed by atoms with E-state index in [1.807, 2.05) is 42.1 Å². The average Bonchev–Trinajstić information content (AvgIpc) is 3.22. The second-order valence-electron chi connectivity index (χ2n) is 7.33. The molecule has 0 radical (unpaired) electrons. The number of hydrogen-bond acceptors (Lipinski definition) is 3. The summed E-state index contributed by atoms with van der Waals surface area (Å²) in [5.74, 6) is 2.53. The van der Waals surface area contributed by atoms with E-state index in [1.54, 1.807) is 0 Å². The lowest BCUT2D eigenvalue weighted by Gasteiger charge is -2.22. The van der Waals surface area contributed by atoms with Crippen LogP contribution in [0.5, 0.6) is 0 Å². The Morgan fingerprint density at radius 2 is 2.00 bits per heavy atom. The van der Waals surface area contributed by atoms with Gasteiger partial charge in [-0.3, -0.25) is 9.59 Å². The Labute approximate surface area is 154 Å². The van der Waals surface area contributed by atoms with Crippen molar-refractivity contribution in [3.63, 3.8) is 0 Å². The molecular formula is C20H28N2O2S. The van der Waals surface area contributed by atoms with Crippen molar-refractivity contribution in [3.05, 3.63) is 35.9 Å². The molecule has 0 spiro atoms. The summed E-state index contributed by atoms with van der Waals surface area (Å²) in [4.78, 5) is 23.9. The highest BCUT2D eigenvalue weighted by Crippen LogP contribution is 2.49. The molecule has 2 aliphatic carbocycles. The van der Waals surface area contributed by atoms with Crippen LogP contribution < -0.4 is 10.6 Å². The number of thioether (sulfide) groups is 1. The zero-order chi connectivity index (χ0) is 17.6.